The fraction of sp³-hybridized carbons (Fsp3) is 0.267. The molecule has 1 aromatic heterocycles. The first-order valence-corrected chi connectivity index (χ1v) is 7.53. The van der Waals surface area contributed by atoms with Crippen LogP contribution in [0.2, 0.25) is 0 Å². The zero-order valence-electron chi connectivity index (χ0n) is 11.7. The molecule has 6 heteroatoms. The number of hydrogen-bond donors (Lipinski definition) is 1. The smallest absolute Gasteiger partial charge is 0.358 e. The van der Waals surface area contributed by atoms with E-state index >= 15 is 0 Å². The number of ether oxygens (including phenoxy) is 1. The molecule has 5 nitrogen and oxygen atoms in total. The van der Waals surface area contributed by atoms with Crippen LogP contribution >= 0.6 is 11.3 Å². The predicted octanol–water partition coefficient (Wildman–Crippen LogP) is 2.49. The third-order valence-corrected chi connectivity index (χ3v) is 3.53. The van der Waals surface area contributed by atoms with Gasteiger partial charge < -0.3 is 10.1 Å². The van der Waals surface area contributed by atoms with Crippen LogP contribution in [0.5, 0.6) is 0 Å². The largest absolute Gasteiger partial charge is 0.451 e. The van der Waals surface area contributed by atoms with Crippen LogP contribution in [0.4, 0.5) is 0 Å². The number of rotatable bonds is 6. The number of amides is 1. The molecule has 2 rings (SSSR count). The number of nitrogens with zero attached hydrogens (tertiary/aromatic N) is 1. The van der Waals surface area contributed by atoms with E-state index < -0.39 is 5.97 Å². The number of esters is 1. The van der Waals surface area contributed by atoms with Crippen LogP contribution in [0, 0.1) is 0 Å². The molecular weight excluding hydrogens is 288 g/mol. The number of benzene rings is 1. The van der Waals surface area contributed by atoms with E-state index in [1.54, 1.807) is 5.38 Å². The highest BCUT2D eigenvalue weighted by molar-refractivity contribution is 7.13. The van der Waals surface area contributed by atoms with Gasteiger partial charge in [-0.05, 0) is 6.42 Å². The lowest BCUT2D eigenvalue weighted by Gasteiger charge is -2.03. The summed E-state index contributed by atoms with van der Waals surface area (Å²) in [6.45, 7) is 2.24. The maximum Gasteiger partial charge on any atom is 0.358 e. The lowest BCUT2D eigenvalue weighted by Crippen LogP contribution is -2.29. The van der Waals surface area contributed by atoms with Crippen molar-refractivity contribution in [1.82, 2.24) is 10.3 Å². The number of hydrogen-bond acceptors (Lipinski definition) is 5. The average Bonchev–Trinajstić information content (AvgIpc) is 3.01. The van der Waals surface area contributed by atoms with Gasteiger partial charge in [0.1, 0.15) is 5.01 Å². The van der Waals surface area contributed by atoms with Gasteiger partial charge in [-0.25, -0.2) is 9.78 Å². The number of aromatic nitrogens is 1. The molecule has 0 saturated carbocycles. The Morgan fingerprint density at radius 2 is 2.05 bits per heavy atom. The summed E-state index contributed by atoms with van der Waals surface area (Å²) in [6, 6.07) is 9.58. The third-order valence-electron chi connectivity index (χ3n) is 2.64. The summed E-state index contributed by atoms with van der Waals surface area (Å²) in [5.41, 5.74) is 1.17. The zero-order valence-corrected chi connectivity index (χ0v) is 12.5. The van der Waals surface area contributed by atoms with E-state index in [0.29, 0.717) is 6.54 Å². The summed E-state index contributed by atoms with van der Waals surface area (Å²) in [5, 5.41) is 5.02. The molecular formula is C15H16N2O3S. The van der Waals surface area contributed by atoms with Crippen LogP contribution in [-0.4, -0.2) is 30.0 Å². The van der Waals surface area contributed by atoms with Crippen molar-refractivity contribution in [1.29, 1.82) is 0 Å². The third kappa shape index (κ3) is 4.39. The highest BCUT2D eigenvalue weighted by Gasteiger charge is 2.14. The van der Waals surface area contributed by atoms with Crippen LogP contribution in [0.3, 0.4) is 0 Å². The van der Waals surface area contributed by atoms with Gasteiger partial charge >= 0.3 is 5.97 Å². The van der Waals surface area contributed by atoms with Gasteiger partial charge in [0.2, 0.25) is 0 Å². The first-order chi connectivity index (χ1) is 10.2. The van der Waals surface area contributed by atoms with E-state index in [1.807, 2.05) is 37.3 Å². The van der Waals surface area contributed by atoms with Gasteiger partial charge in [0.25, 0.3) is 5.91 Å². The molecule has 1 aromatic carbocycles. The van der Waals surface area contributed by atoms with Crippen LogP contribution in [0.25, 0.3) is 10.6 Å². The number of nitrogens with one attached hydrogen (secondary N) is 1. The SMILES string of the molecule is CCCNC(=O)COC(=O)c1csc(-c2ccccc2)n1. The Bertz CT molecular complexity index is 610. The lowest BCUT2D eigenvalue weighted by atomic mass is 10.2. The molecule has 0 spiro atoms. The van der Waals surface area contributed by atoms with Crippen LogP contribution in [0.1, 0.15) is 23.8 Å². The molecule has 0 unspecified atom stereocenters. The molecule has 2 aromatic rings. The molecule has 0 atom stereocenters. The van der Waals surface area contributed by atoms with Gasteiger partial charge in [0.05, 0.1) is 0 Å². The van der Waals surface area contributed by atoms with Crippen molar-refractivity contribution in [2.75, 3.05) is 13.2 Å². The van der Waals surface area contributed by atoms with Gasteiger partial charge in [-0.3, -0.25) is 4.79 Å². The molecule has 0 saturated heterocycles. The summed E-state index contributed by atoms with van der Waals surface area (Å²) >= 11 is 1.37. The molecule has 1 N–H and O–H groups in total. The Hall–Kier alpha value is -2.21. The van der Waals surface area contributed by atoms with Crippen molar-refractivity contribution in [2.45, 2.75) is 13.3 Å². The Labute approximate surface area is 127 Å². The standard InChI is InChI=1S/C15H16N2O3S/c1-2-8-16-13(18)9-20-15(19)12-10-21-14(17-12)11-6-4-3-5-7-11/h3-7,10H,2,8-9H2,1H3,(H,16,18). The minimum atomic E-state index is -0.583. The minimum absolute atomic E-state index is 0.224. The summed E-state index contributed by atoms with van der Waals surface area (Å²) in [4.78, 5) is 27.4. The molecule has 1 amide bonds. The Morgan fingerprint density at radius 1 is 1.29 bits per heavy atom. The second-order valence-corrected chi connectivity index (χ2v) is 5.19. The Kier molecular flexibility index (Phi) is 5.45. The van der Waals surface area contributed by atoms with Crippen molar-refractivity contribution in [2.24, 2.45) is 0 Å². The maximum atomic E-state index is 11.8. The topological polar surface area (TPSA) is 68.3 Å². The molecule has 1 heterocycles. The van der Waals surface area contributed by atoms with E-state index in [2.05, 4.69) is 10.3 Å². The first-order valence-electron chi connectivity index (χ1n) is 6.65. The van der Waals surface area contributed by atoms with E-state index in [1.165, 1.54) is 11.3 Å². The Morgan fingerprint density at radius 3 is 2.76 bits per heavy atom. The van der Waals surface area contributed by atoms with Gasteiger partial charge in [-0.1, -0.05) is 37.3 Å². The fourth-order valence-corrected chi connectivity index (χ4v) is 2.40. The number of thiazole rings is 1. The van der Waals surface area contributed by atoms with E-state index in [-0.39, 0.29) is 18.2 Å². The van der Waals surface area contributed by atoms with Crippen molar-refractivity contribution in [3.8, 4) is 10.6 Å². The van der Waals surface area contributed by atoms with Gasteiger partial charge in [-0.15, -0.1) is 11.3 Å². The quantitative estimate of drug-likeness (QED) is 0.833. The van der Waals surface area contributed by atoms with Crippen molar-refractivity contribution in [3.63, 3.8) is 0 Å². The predicted molar refractivity (Wildman–Crippen MR) is 81.1 cm³/mol. The second-order valence-electron chi connectivity index (χ2n) is 4.33. The molecule has 110 valence electrons. The molecule has 0 bridgehead atoms. The summed E-state index contributed by atoms with van der Waals surface area (Å²) < 4.78 is 4.93. The summed E-state index contributed by atoms with van der Waals surface area (Å²) in [7, 11) is 0. The highest BCUT2D eigenvalue weighted by Crippen LogP contribution is 2.23. The van der Waals surface area contributed by atoms with Crippen molar-refractivity contribution in [3.05, 3.63) is 41.4 Å². The van der Waals surface area contributed by atoms with Crippen LogP contribution in [0.15, 0.2) is 35.7 Å². The van der Waals surface area contributed by atoms with Gasteiger partial charge in [0.15, 0.2) is 12.3 Å². The van der Waals surface area contributed by atoms with Crippen molar-refractivity contribution < 1.29 is 14.3 Å². The first kappa shape index (κ1) is 15.2. The zero-order chi connectivity index (χ0) is 15.1. The fourth-order valence-electron chi connectivity index (χ4n) is 1.60. The van der Waals surface area contributed by atoms with Gasteiger partial charge in [-0.2, -0.15) is 0 Å². The minimum Gasteiger partial charge on any atom is -0.451 e. The maximum absolute atomic E-state index is 11.8. The highest BCUT2D eigenvalue weighted by atomic mass is 32.1. The average molecular weight is 304 g/mol. The van der Waals surface area contributed by atoms with E-state index in [9.17, 15) is 9.59 Å². The molecule has 0 aliphatic heterocycles. The van der Waals surface area contributed by atoms with Crippen LogP contribution in [-0.2, 0) is 9.53 Å². The van der Waals surface area contributed by atoms with Gasteiger partial charge in [0, 0.05) is 17.5 Å². The molecule has 21 heavy (non-hydrogen) atoms. The molecule has 0 fully saturated rings. The number of carbonyl (C=O) groups is 2. The monoisotopic (exact) mass is 304 g/mol. The molecule has 0 aliphatic rings. The van der Waals surface area contributed by atoms with E-state index in [0.717, 1.165) is 17.0 Å². The number of carbonyl (C=O) groups excluding carboxylic acids is 2. The molecule has 0 radical (unpaired) electrons. The normalized spacial score (nSPS) is 10.1. The van der Waals surface area contributed by atoms with E-state index in [4.69, 9.17) is 4.74 Å². The van der Waals surface area contributed by atoms with Crippen molar-refractivity contribution >= 4 is 23.2 Å². The summed E-state index contributed by atoms with van der Waals surface area (Å²) in [5.74, 6) is -0.885. The van der Waals surface area contributed by atoms with Crippen LogP contribution < -0.4 is 5.32 Å². The molecule has 0 aliphatic carbocycles. The lowest BCUT2D eigenvalue weighted by molar-refractivity contribution is -0.124. The Balaban J connectivity index is 1.92. The second kappa shape index (κ2) is 7.54. The summed E-state index contributed by atoms with van der Waals surface area (Å²) in [6.07, 6.45) is 0.839.